The van der Waals surface area contributed by atoms with Crippen LogP contribution in [-0.2, 0) is 11.3 Å². The van der Waals surface area contributed by atoms with Crippen molar-refractivity contribution in [1.82, 2.24) is 5.32 Å². The van der Waals surface area contributed by atoms with Crippen LogP contribution in [0, 0.1) is 13.8 Å². The maximum atomic E-state index is 10.9. The smallest absolute Gasteiger partial charge is 0.243 e. The van der Waals surface area contributed by atoms with E-state index in [4.69, 9.17) is 0 Å². The minimum absolute atomic E-state index is 0.134. The summed E-state index contributed by atoms with van der Waals surface area (Å²) in [6.45, 7) is 8.06. The van der Waals surface area contributed by atoms with Gasteiger partial charge in [0.05, 0.1) is 0 Å². The van der Waals surface area contributed by atoms with Gasteiger partial charge < -0.3 is 5.32 Å². The second kappa shape index (κ2) is 4.61. The maximum absolute atomic E-state index is 10.9. The zero-order valence-corrected chi connectivity index (χ0v) is 8.63. The molecule has 0 aliphatic carbocycles. The Hall–Kier alpha value is -1.57. The predicted octanol–water partition coefficient (Wildman–Crippen LogP) is 2.11. The molecule has 0 bridgehead atoms. The maximum Gasteiger partial charge on any atom is 0.243 e. The fourth-order valence-electron chi connectivity index (χ4n) is 1.30. The molecule has 74 valence electrons. The van der Waals surface area contributed by atoms with Gasteiger partial charge in [-0.15, -0.1) is 0 Å². The minimum atomic E-state index is -0.134. The molecule has 1 aromatic rings. The van der Waals surface area contributed by atoms with Crippen molar-refractivity contribution < 1.29 is 4.79 Å². The molecular formula is C12H15NO. The lowest BCUT2D eigenvalue weighted by Crippen LogP contribution is -2.20. The molecule has 0 aliphatic heterocycles. The van der Waals surface area contributed by atoms with Gasteiger partial charge in [-0.05, 0) is 31.1 Å². The second-order valence-electron chi connectivity index (χ2n) is 3.35. The van der Waals surface area contributed by atoms with E-state index in [2.05, 4.69) is 24.9 Å². The van der Waals surface area contributed by atoms with Crippen molar-refractivity contribution in [3.63, 3.8) is 0 Å². The lowest BCUT2D eigenvalue weighted by atomic mass is 10.1. The van der Waals surface area contributed by atoms with E-state index >= 15 is 0 Å². The van der Waals surface area contributed by atoms with Crippen LogP contribution in [0.25, 0.3) is 0 Å². The molecule has 0 spiro atoms. The van der Waals surface area contributed by atoms with E-state index in [0.29, 0.717) is 6.54 Å². The average molecular weight is 189 g/mol. The Morgan fingerprint density at radius 2 is 2.21 bits per heavy atom. The molecule has 1 amide bonds. The van der Waals surface area contributed by atoms with Gasteiger partial charge in [0.25, 0.3) is 0 Å². The van der Waals surface area contributed by atoms with Crippen molar-refractivity contribution in [3.05, 3.63) is 47.5 Å². The Kier molecular flexibility index (Phi) is 3.46. The van der Waals surface area contributed by atoms with Gasteiger partial charge in [0.2, 0.25) is 5.91 Å². The lowest BCUT2D eigenvalue weighted by Gasteiger charge is -2.06. The highest BCUT2D eigenvalue weighted by atomic mass is 16.1. The summed E-state index contributed by atoms with van der Waals surface area (Å²) in [6, 6.07) is 6.19. The quantitative estimate of drug-likeness (QED) is 0.725. The van der Waals surface area contributed by atoms with Gasteiger partial charge in [-0.1, -0.05) is 30.3 Å². The first-order chi connectivity index (χ1) is 6.63. The number of hydrogen-bond acceptors (Lipinski definition) is 1. The van der Waals surface area contributed by atoms with Gasteiger partial charge in [-0.3, -0.25) is 4.79 Å². The van der Waals surface area contributed by atoms with Crippen molar-refractivity contribution in [3.8, 4) is 0 Å². The largest absolute Gasteiger partial charge is 0.348 e. The van der Waals surface area contributed by atoms with Gasteiger partial charge in [-0.25, -0.2) is 0 Å². The first kappa shape index (κ1) is 10.5. The highest BCUT2D eigenvalue weighted by Gasteiger charge is 1.99. The molecule has 14 heavy (non-hydrogen) atoms. The topological polar surface area (TPSA) is 29.1 Å². The molecule has 0 aromatic heterocycles. The normalized spacial score (nSPS) is 9.57. The molecule has 1 N–H and O–H groups in total. The van der Waals surface area contributed by atoms with Crippen LogP contribution in [0.2, 0.25) is 0 Å². The summed E-state index contributed by atoms with van der Waals surface area (Å²) < 4.78 is 0. The lowest BCUT2D eigenvalue weighted by molar-refractivity contribution is -0.116. The third kappa shape index (κ3) is 2.73. The van der Waals surface area contributed by atoms with E-state index in [-0.39, 0.29) is 5.91 Å². The summed E-state index contributed by atoms with van der Waals surface area (Å²) in [7, 11) is 0. The van der Waals surface area contributed by atoms with Crippen LogP contribution < -0.4 is 5.32 Å². The van der Waals surface area contributed by atoms with Crippen LogP contribution in [0.4, 0.5) is 0 Å². The molecule has 2 nitrogen and oxygen atoms in total. The zero-order chi connectivity index (χ0) is 10.6. The summed E-state index contributed by atoms with van der Waals surface area (Å²) in [4.78, 5) is 10.9. The Balaban J connectivity index is 2.68. The summed E-state index contributed by atoms with van der Waals surface area (Å²) in [5.74, 6) is -0.134. The molecule has 0 atom stereocenters. The number of benzene rings is 1. The zero-order valence-electron chi connectivity index (χ0n) is 8.63. The minimum Gasteiger partial charge on any atom is -0.348 e. The Morgan fingerprint density at radius 1 is 1.50 bits per heavy atom. The van der Waals surface area contributed by atoms with Crippen molar-refractivity contribution in [2.24, 2.45) is 0 Å². The van der Waals surface area contributed by atoms with Gasteiger partial charge in [0.15, 0.2) is 0 Å². The molecule has 0 radical (unpaired) electrons. The van der Waals surface area contributed by atoms with Crippen LogP contribution in [0.1, 0.15) is 16.7 Å². The summed E-state index contributed by atoms with van der Waals surface area (Å²) >= 11 is 0. The van der Waals surface area contributed by atoms with Crippen molar-refractivity contribution in [2.75, 3.05) is 0 Å². The van der Waals surface area contributed by atoms with E-state index < -0.39 is 0 Å². The van der Waals surface area contributed by atoms with E-state index in [1.54, 1.807) is 0 Å². The predicted molar refractivity (Wildman–Crippen MR) is 58.0 cm³/mol. The van der Waals surface area contributed by atoms with Gasteiger partial charge in [0.1, 0.15) is 0 Å². The number of aryl methyl sites for hydroxylation is 2. The summed E-state index contributed by atoms with van der Waals surface area (Å²) in [5.41, 5.74) is 3.58. The Labute approximate surface area is 84.6 Å². The highest BCUT2D eigenvalue weighted by molar-refractivity contribution is 5.86. The standard InChI is InChI=1S/C12H15NO/c1-4-12(14)13-8-11-6-5-9(2)7-10(11)3/h4-7H,1,8H2,2-3H3,(H,13,14). The fraction of sp³-hybridized carbons (Fsp3) is 0.250. The van der Waals surface area contributed by atoms with Crippen molar-refractivity contribution in [1.29, 1.82) is 0 Å². The van der Waals surface area contributed by atoms with Crippen LogP contribution >= 0.6 is 0 Å². The molecule has 0 saturated heterocycles. The number of rotatable bonds is 3. The molecule has 0 fully saturated rings. The van der Waals surface area contributed by atoms with Gasteiger partial charge >= 0.3 is 0 Å². The number of hydrogen-bond donors (Lipinski definition) is 1. The summed E-state index contributed by atoms with van der Waals surface area (Å²) in [5, 5.41) is 2.75. The van der Waals surface area contributed by atoms with E-state index in [1.165, 1.54) is 17.2 Å². The number of carbonyl (C=O) groups excluding carboxylic acids is 1. The number of carbonyl (C=O) groups is 1. The SMILES string of the molecule is C=CC(=O)NCc1ccc(C)cc1C. The average Bonchev–Trinajstić information content (AvgIpc) is 2.16. The van der Waals surface area contributed by atoms with Gasteiger partial charge in [0, 0.05) is 6.54 Å². The molecule has 0 unspecified atom stereocenters. The Bertz CT molecular complexity index is 355. The van der Waals surface area contributed by atoms with E-state index in [0.717, 1.165) is 5.56 Å². The highest BCUT2D eigenvalue weighted by Crippen LogP contribution is 2.09. The van der Waals surface area contributed by atoms with Crippen molar-refractivity contribution in [2.45, 2.75) is 20.4 Å². The molecule has 0 heterocycles. The molecule has 2 heteroatoms. The first-order valence-corrected chi connectivity index (χ1v) is 4.60. The number of amides is 1. The first-order valence-electron chi connectivity index (χ1n) is 4.60. The van der Waals surface area contributed by atoms with Crippen LogP contribution in [0.15, 0.2) is 30.9 Å². The van der Waals surface area contributed by atoms with Crippen LogP contribution in [-0.4, -0.2) is 5.91 Å². The van der Waals surface area contributed by atoms with E-state index in [1.807, 2.05) is 19.1 Å². The van der Waals surface area contributed by atoms with Crippen LogP contribution in [0.5, 0.6) is 0 Å². The molecule has 0 aliphatic rings. The molecular weight excluding hydrogens is 174 g/mol. The van der Waals surface area contributed by atoms with Gasteiger partial charge in [-0.2, -0.15) is 0 Å². The number of nitrogens with one attached hydrogen (secondary N) is 1. The molecule has 1 aromatic carbocycles. The third-order valence-electron chi connectivity index (χ3n) is 2.14. The fourth-order valence-corrected chi connectivity index (χ4v) is 1.30. The summed E-state index contributed by atoms with van der Waals surface area (Å²) in [6.07, 6.45) is 1.28. The molecule has 0 saturated carbocycles. The van der Waals surface area contributed by atoms with Crippen LogP contribution in [0.3, 0.4) is 0 Å². The Morgan fingerprint density at radius 3 is 2.79 bits per heavy atom. The van der Waals surface area contributed by atoms with E-state index in [9.17, 15) is 4.79 Å². The van der Waals surface area contributed by atoms with Crippen molar-refractivity contribution >= 4 is 5.91 Å². The molecule has 1 rings (SSSR count). The third-order valence-corrected chi connectivity index (χ3v) is 2.14. The second-order valence-corrected chi connectivity index (χ2v) is 3.35. The monoisotopic (exact) mass is 189 g/mol.